The summed E-state index contributed by atoms with van der Waals surface area (Å²) in [4.78, 5) is 33.2. The number of fused-ring (bicyclic) bond motifs is 1. The summed E-state index contributed by atoms with van der Waals surface area (Å²) in [5.41, 5.74) is 4.57. The van der Waals surface area contributed by atoms with Crippen molar-refractivity contribution < 1.29 is 9.59 Å². The summed E-state index contributed by atoms with van der Waals surface area (Å²) in [6, 6.07) is 19.9. The van der Waals surface area contributed by atoms with Gasteiger partial charge in [-0.15, -0.1) is 0 Å². The molecule has 8 nitrogen and oxygen atoms in total. The maximum absolute atomic E-state index is 12.6. The van der Waals surface area contributed by atoms with Crippen LogP contribution in [0, 0.1) is 0 Å². The molecule has 188 valence electrons. The minimum atomic E-state index is -0.344. The first-order chi connectivity index (χ1) is 18.4. The number of aromatic nitrogens is 2. The molecule has 4 N–H and O–H groups in total. The van der Waals surface area contributed by atoms with Gasteiger partial charge in [0, 0.05) is 27.5 Å². The quantitative estimate of drug-likeness (QED) is 0.189. The number of carbonyl (C=O) groups excluding carboxylic acids is 2. The van der Waals surface area contributed by atoms with E-state index in [-0.39, 0.29) is 22.8 Å². The predicted molar refractivity (Wildman–Crippen MR) is 153 cm³/mol. The van der Waals surface area contributed by atoms with E-state index in [1.807, 2.05) is 36.4 Å². The highest BCUT2D eigenvalue weighted by atomic mass is 35.5. The Morgan fingerprint density at radius 1 is 0.974 bits per heavy atom. The van der Waals surface area contributed by atoms with Crippen LogP contribution in [0.5, 0.6) is 0 Å². The van der Waals surface area contributed by atoms with E-state index in [0.29, 0.717) is 39.2 Å². The highest BCUT2D eigenvalue weighted by Crippen LogP contribution is 2.36. The molecule has 38 heavy (non-hydrogen) atoms. The molecule has 0 radical (unpaired) electrons. The summed E-state index contributed by atoms with van der Waals surface area (Å²) in [6.45, 7) is 3.48. The van der Waals surface area contributed by atoms with Gasteiger partial charge in [0.05, 0.1) is 17.6 Å². The number of amides is 2. The van der Waals surface area contributed by atoms with Gasteiger partial charge in [0.1, 0.15) is 5.02 Å². The maximum atomic E-state index is 12.6. The van der Waals surface area contributed by atoms with Crippen molar-refractivity contribution in [2.24, 2.45) is 0 Å². The smallest absolute Gasteiger partial charge is 0.256 e. The SMILES string of the molecule is C=CC(=O)Nc1ccccc1Nc1nc(Nc2ccc3c(c2)/C(=C/c2cccc(Cl)c2)C(=O)N3)ncc1Cl. The van der Waals surface area contributed by atoms with Crippen LogP contribution in [-0.2, 0) is 9.59 Å². The Bertz CT molecular complexity index is 1620. The molecule has 5 rings (SSSR count). The number of anilines is 6. The zero-order valence-electron chi connectivity index (χ0n) is 19.8. The number of hydrogen-bond donors (Lipinski definition) is 4. The zero-order valence-corrected chi connectivity index (χ0v) is 21.3. The third kappa shape index (κ3) is 5.51. The number of benzene rings is 3. The highest BCUT2D eigenvalue weighted by Gasteiger charge is 2.24. The van der Waals surface area contributed by atoms with Crippen LogP contribution in [0.15, 0.2) is 85.6 Å². The van der Waals surface area contributed by atoms with Gasteiger partial charge in [-0.05, 0) is 60.2 Å². The van der Waals surface area contributed by atoms with E-state index < -0.39 is 0 Å². The predicted octanol–water partition coefficient (Wildman–Crippen LogP) is 6.89. The Morgan fingerprint density at radius 3 is 2.58 bits per heavy atom. The van der Waals surface area contributed by atoms with Crippen molar-refractivity contribution in [2.75, 3.05) is 21.3 Å². The topological polar surface area (TPSA) is 108 Å². The molecular weight excluding hydrogens is 523 g/mol. The van der Waals surface area contributed by atoms with E-state index in [2.05, 4.69) is 37.8 Å². The van der Waals surface area contributed by atoms with E-state index in [1.165, 1.54) is 12.3 Å². The van der Waals surface area contributed by atoms with Crippen molar-refractivity contribution in [3.8, 4) is 0 Å². The van der Waals surface area contributed by atoms with Crippen LogP contribution in [0.1, 0.15) is 11.1 Å². The summed E-state index contributed by atoms with van der Waals surface area (Å²) in [6.07, 6.45) is 4.44. The second-order valence-corrected chi connectivity index (χ2v) is 9.05. The molecule has 0 aliphatic carbocycles. The van der Waals surface area contributed by atoms with Crippen molar-refractivity contribution in [1.82, 2.24) is 9.97 Å². The molecule has 1 aliphatic heterocycles. The van der Waals surface area contributed by atoms with E-state index in [4.69, 9.17) is 23.2 Å². The van der Waals surface area contributed by atoms with Crippen molar-refractivity contribution in [2.45, 2.75) is 0 Å². The lowest BCUT2D eigenvalue weighted by atomic mass is 10.0. The molecule has 0 atom stereocenters. The molecule has 10 heteroatoms. The van der Waals surface area contributed by atoms with Crippen LogP contribution in [0.2, 0.25) is 10.0 Å². The number of rotatable bonds is 7. The molecule has 0 saturated heterocycles. The van der Waals surface area contributed by atoms with E-state index in [9.17, 15) is 9.59 Å². The normalized spacial score (nSPS) is 13.0. The van der Waals surface area contributed by atoms with E-state index in [1.54, 1.807) is 36.4 Å². The van der Waals surface area contributed by atoms with Gasteiger partial charge in [0.15, 0.2) is 5.82 Å². The fraction of sp³-hybridized carbons (Fsp3) is 0. The van der Waals surface area contributed by atoms with Crippen LogP contribution < -0.4 is 21.3 Å². The monoisotopic (exact) mass is 542 g/mol. The average Bonchev–Trinajstić information content (AvgIpc) is 3.21. The van der Waals surface area contributed by atoms with Crippen molar-refractivity contribution in [1.29, 1.82) is 0 Å². The van der Waals surface area contributed by atoms with Crippen LogP contribution in [0.3, 0.4) is 0 Å². The van der Waals surface area contributed by atoms with Crippen LogP contribution in [-0.4, -0.2) is 21.8 Å². The Kier molecular flexibility index (Phi) is 7.08. The lowest BCUT2D eigenvalue weighted by molar-refractivity contribution is -0.112. The molecule has 2 amide bonds. The lowest BCUT2D eigenvalue weighted by Gasteiger charge is -2.14. The van der Waals surface area contributed by atoms with Crippen LogP contribution in [0.4, 0.5) is 34.5 Å². The second-order valence-electron chi connectivity index (χ2n) is 8.21. The second kappa shape index (κ2) is 10.8. The van der Waals surface area contributed by atoms with Crippen LogP contribution in [0.25, 0.3) is 11.6 Å². The summed E-state index contributed by atoms with van der Waals surface area (Å²) in [5, 5.41) is 12.8. The number of halogens is 2. The number of nitrogens with zero attached hydrogens (tertiary/aromatic N) is 2. The Labute approximate surface area is 228 Å². The first kappa shape index (κ1) is 25.0. The molecule has 1 aliphatic rings. The number of hydrogen-bond acceptors (Lipinski definition) is 6. The first-order valence-electron chi connectivity index (χ1n) is 11.4. The number of nitrogens with one attached hydrogen (secondary N) is 4. The van der Waals surface area contributed by atoms with Gasteiger partial charge < -0.3 is 21.3 Å². The molecule has 0 spiro atoms. The standard InChI is InChI=1S/C28H20Cl2N6O2/c1-2-25(37)33-23-8-3-4-9-24(23)34-26-21(30)15-31-28(36-26)32-18-10-11-22-19(14-18)20(27(38)35-22)13-16-6-5-7-17(29)12-16/h2-15H,1H2,(H,33,37)(H,35,38)(H2,31,32,34,36)/b20-13-. The Hall–Kier alpha value is -4.66. The fourth-order valence-corrected chi connectivity index (χ4v) is 4.17. The summed E-state index contributed by atoms with van der Waals surface area (Å²) >= 11 is 12.5. The molecule has 4 aromatic rings. The summed E-state index contributed by atoms with van der Waals surface area (Å²) in [5.74, 6) is 0.0726. The number of para-hydroxylation sites is 2. The third-order valence-electron chi connectivity index (χ3n) is 5.59. The minimum Gasteiger partial charge on any atom is -0.337 e. The van der Waals surface area contributed by atoms with Gasteiger partial charge in [-0.2, -0.15) is 4.98 Å². The molecule has 0 unspecified atom stereocenters. The minimum absolute atomic E-state index is 0.200. The zero-order chi connectivity index (χ0) is 26.6. The van der Waals surface area contributed by atoms with Crippen molar-refractivity contribution in [3.63, 3.8) is 0 Å². The van der Waals surface area contributed by atoms with Crippen molar-refractivity contribution >= 4 is 81.2 Å². The lowest BCUT2D eigenvalue weighted by Crippen LogP contribution is -2.09. The van der Waals surface area contributed by atoms with Gasteiger partial charge in [0.25, 0.3) is 5.91 Å². The molecule has 1 aromatic heterocycles. The van der Waals surface area contributed by atoms with Gasteiger partial charge in [-0.3, -0.25) is 9.59 Å². The average molecular weight is 543 g/mol. The Morgan fingerprint density at radius 2 is 1.79 bits per heavy atom. The number of carbonyl (C=O) groups is 2. The van der Waals surface area contributed by atoms with Crippen LogP contribution >= 0.6 is 23.2 Å². The van der Waals surface area contributed by atoms with Gasteiger partial charge >= 0.3 is 0 Å². The van der Waals surface area contributed by atoms with Crippen molar-refractivity contribution in [3.05, 3.63) is 107 Å². The maximum Gasteiger partial charge on any atom is 0.256 e. The fourth-order valence-electron chi connectivity index (χ4n) is 3.83. The molecular formula is C28H20Cl2N6O2. The summed E-state index contributed by atoms with van der Waals surface area (Å²) in [7, 11) is 0. The van der Waals surface area contributed by atoms with E-state index in [0.717, 1.165) is 11.1 Å². The van der Waals surface area contributed by atoms with Gasteiger partial charge in [-0.1, -0.05) is 54.0 Å². The first-order valence-corrected chi connectivity index (χ1v) is 12.2. The Balaban J connectivity index is 1.41. The summed E-state index contributed by atoms with van der Waals surface area (Å²) < 4.78 is 0. The molecule has 0 fully saturated rings. The largest absolute Gasteiger partial charge is 0.337 e. The third-order valence-corrected chi connectivity index (χ3v) is 6.10. The molecule has 0 bridgehead atoms. The van der Waals surface area contributed by atoms with Gasteiger partial charge in [-0.25, -0.2) is 4.98 Å². The highest BCUT2D eigenvalue weighted by molar-refractivity contribution is 6.35. The molecule has 2 heterocycles. The van der Waals surface area contributed by atoms with Gasteiger partial charge in [0.2, 0.25) is 11.9 Å². The molecule has 3 aromatic carbocycles. The van der Waals surface area contributed by atoms with E-state index >= 15 is 0 Å². The molecule has 0 saturated carbocycles.